The molecule has 0 radical (unpaired) electrons. The summed E-state index contributed by atoms with van der Waals surface area (Å²) in [5.41, 5.74) is 4.83. The lowest BCUT2D eigenvalue weighted by molar-refractivity contribution is 0.411. The van der Waals surface area contributed by atoms with Crippen molar-refractivity contribution in [1.29, 1.82) is 0 Å². The van der Waals surface area contributed by atoms with Gasteiger partial charge in [0.25, 0.3) is 0 Å². The first-order chi connectivity index (χ1) is 14.7. The molecule has 0 amide bonds. The van der Waals surface area contributed by atoms with Gasteiger partial charge in [-0.25, -0.2) is 9.98 Å². The highest BCUT2D eigenvalue weighted by molar-refractivity contribution is 14.0. The molecule has 0 atom stereocenters. The van der Waals surface area contributed by atoms with E-state index in [1.807, 2.05) is 12.5 Å². The normalized spacial score (nSPS) is 11.0. The molecule has 7 heteroatoms. The van der Waals surface area contributed by atoms with Crippen molar-refractivity contribution in [1.82, 2.24) is 20.2 Å². The van der Waals surface area contributed by atoms with Gasteiger partial charge < -0.3 is 19.9 Å². The van der Waals surface area contributed by atoms with Gasteiger partial charge >= 0.3 is 0 Å². The van der Waals surface area contributed by atoms with Crippen LogP contribution >= 0.6 is 24.0 Å². The molecular weight excluding hydrogens is 501 g/mol. The number of imidazole rings is 1. The van der Waals surface area contributed by atoms with Crippen molar-refractivity contribution >= 4 is 29.9 Å². The minimum Gasteiger partial charge on any atom is -0.496 e. The Morgan fingerprint density at radius 2 is 1.94 bits per heavy atom. The lowest BCUT2D eigenvalue weighted by Crippen LogP contribution is -2.38. The van der Waals surface area contributed by atoms with Gasteiger partial charge in [0, 0.05) is 32.0 Å². The van der Waals surface area contributed by atoms with Crippen LogP contribution < -0.4 is 15.4 Å². The zero-order valence-electron chi connectivity index (χ0n) is 18.5. The number of rotatable bonds is 9. The van der Waals surface area contributed by atoms with Crippen molar-refractivity contribution in [2.24, 2.45) is 4.99 Å². The number of hydrogen-bond acceptors (Lipinski definition) is 3. The first-order valence-electron chi connectivity index (χ1n) is 10.4. The quantitative estimate of drug-likeness (QED) is 0.246. The van der Waals surface area contributed by atoms with E-state index < -0.39 is 0 Å². The van der Waals surface area contributed by atoms with Gasteiger partial charge in [-0.15, -0.1) is 24.0 Å². The van der Waals surface area contributed by atoms with Gasteiger partial charge in [0.15, 0.2) is 5.96 Å². The Labute approximate surface area is 202 Å². The van der Waals surface area contributed by atoms with Crippen LogP contribution in [-0.2, 0) is 19.5 Å². The number of methoxy groups -OCH3 is 1. The van der Waals surface area contributed by atoms with E-state index in [9.17, 15) is 0 Å². The molecule has 0 unspecified atom stereocenters. The molecule has 3 aromatic rings. The van der Waals surface area contributed by atoms with Crippen LogP contribution in [0.25, 0.3) is 0 Å². The van der Waals surface area contributed by atoms with Crippen LogP contribution in [0.5, 0.6) is 5.75 Å². The third-order valence-electron chi connectivity index (χ3n) is 4.86. The highest BCUT2D eigenvalue weighted by atomic mass is 127. The Morgan fingerprint density at radius 1 is 1.10 bits per heavy atom. The summed E-state index contributed by atoms with van der Waals surface area (Å²) in [6, 6.07) is 14.9. The zero-order chi connectivity index (χ0) is 21.2. The highest BCUT2D eigenvalue weighted by Crippen LogP contribution is 2.19. The second-order valence-corrected chi connectivity index (χ2v) is 7.23. The molecule has 6 nitrogen and oxygen atoms in total. The molecular formula is C24H32IN5O. The van der Waals surface area contributed by atoms with Crippen LogP contribution in [0.3, 0.4) is 0 Å². The molecule has 0 aliphatic carbocycles. The minimum atomic E-state index is 0. The number of nitrogens with one attached hydrogen (secondary N) is 2. The predicted octanol–water partition coefficient (Wildman–Crippen LogP) is 4.16. The second kappa shape index (κ2) is 13.0. The molecule has 2 aromatic carbocycles. The highest BCUT2D eigenvalue weighted by Gasteiger charge is 2.03. The van der Waals surface area contributed by atoms with Crippen molar-refractivity contribution in [3.63, 3.8) is 0 Å². The van der Waals surface area contributed by atoms with Crippen LogP contribution in [0, 0.1) is 6.92 Å². The molecule has 0 spiro atoms. The molecule has 0 fully saturated rings. The number of nitrogens with zero attached hydrogens (tertiary/aromatic N) is 3. The summed E-state index contributed by atoms with van der Waals surface area (Å²) in [5, 5.41) is 6.75. The zero-order valence-corrected chi connectivity index (χ0v) is 20.8. The van der Waals surface area contributed by atoms with E-state index in [0.29, 0.717) is 6.54 Å². The van der Waals surface area contributed by atoms with E-state index in [4.69, 9.17) is 9.73 Å². The number of benzene rings is 2. The van der Waals surface area contributed by atoms with Crippen molar-refractivity contribution < 1.29 is 4.74 Å². The average Bonchev–Trinajstić information content (AvgIpc) is 3.26. The molecule has 1 aromatic heterocycles. The summed E-state index contributed by atoms with van der Waals surface area (Å²) in [7, 11) is 1.71. The Hall–Kier alpha value is -2.55. The fourth-order valence-electron chi connectivity index (χ4n) is 3.27. The minimum absolute atomic E-state index is 0. The molecule has 0 aliphatic heterocycles. The largest absolute Gasteiger partial charge is 0.496 e. The lowest BCUT2D eigenvalue weighted by Gasteiger charge is -2.12. The molecule has 1 heterocycles. The summed E-state index contributed by atoms with van der Waals surface area (Å²) in [5.74, 6) is 1.76. The molecule has 31 heavy (non-hydrogen) atoms. The van der Waals surface area contributed by atoms with Crippen molar-refractivity contribution in [3.8, 4) is 5.75 Å². The van der Waals surface area contributed by atoms with Crippen molar-refractivity contribution in [3.05, 3.63) is 83.4 Å². The Kier molecular flexibility index (Phi) is 10.4. The van der Waals surface area contributed by atoms with E-state index in [2.05, 4.69) is 76.5 Å². The smallest absolute Gasteiger partial charge is 0.191 e. The standard InChI is InChI=1S/C24H31N5O.HI/c1-4-26-24(27-11-10-20-9-8-19(2)23(15-20)30-3)28-16-21-6-5-7-22(14-21)17-29-13-12-25-18-29;/h5-9,12-15,18H,4,10-11,16-17H2,1-3H3,(H2,26,27,28);1H. The van der Waals surface area contributed by atoms with Crippen LogP contribution in [-0.4, -0.2) is 35.7 Å². The first kappa shape index (κ1) is 24.7. The molecule has 0 saturated carbocycles. The second-order valence-electron chi connectivity index (χ2n) is 7.23. The average molecular weight is 533 g/mol. The number of hydrogen-bond donors (Lipinski definition) is 2. The first-order valence-corrected chi connectivity index (χ1v) is 10.4. The Morgan fingerprint density at radius 3 is 2.68 bits per heavy atom. The number of halogens is 1. The monoisotopic (exact) mass is 533 g/mol. The van der Waals surface area contributed by atoms with Gasteiger partial charge in [0.1, 0.15) is 5.75 Å². The number of aromatic nitrogens is 2. The van der Waals surface area contributed by atoms with Crippen LogP contribution in [0.15, 0.2) is 66.2 Å². The predicted molar refractivity (Wildman–Crippen MR) is 137 cm³/mol. The molecule has 0 aliphatic rings. The van der Waals surface area contributed by atoms with E-state index in [0.717, 1.165) is 43.3 Å². The summed E-state index contributed by atoms with van der Waals surface area (Å²) in [6.07, 6.45) is 6.51. The Bertz CT molecular complexity index is 956. The summed E-state index contributed by atoms with van der Waals surface area (Å²) >= 11 is 0. The molecule has 0 bridgehead atoms. The van der Waals surface area contributed by atoms with E-state index in [1.165, 1.54) is 16.7 Å². The molecule has 0 saturated heterocycles. The topological polar surface area (TPSA) is 63.5 Å². The van der Waals surface area contributed by atoms with Crippen LogP contribution in [0.2, 0.25) is 0 Å². The number of aryl methyl sites for hydroxylation is 1. The summed E-state index contributed by atoms with van der Waals surface area (Å²) in [4.78, 5) is 8.85. The maximum absolute atomic E-state index is 5.42. The molecule has 3 rings (SSSR count). The van der Waals surface area contributed by atoms with Crippen LogP contribution in [0.1, 0.15) is 29.2 Å². The van der Waals surface area contributed by atoms with Gasteiger partial charge in [-0.2, -0.15) is 0 Å². The van der Waals surface area contributed by atoms with E-state index in [-0.39, 0.29) is 24.0 Å². The third kappa shape index (κ3) is 7.90. The maximum Gasteiger partial charge on any atom is 0.191 e. The van der Waals surface area contributed by atoms with Gasteiger partial charge in [0.2, 0.25) is 0 Å². The van der Waals surface area contributed by atoms with Gasteiger partial charge in [-0.05, 0) is 48.6 Å². The summed E-state index contributed by atoms with van der Waals surface area (Å²) in [6.45, 7) is 7.21. The van der Waals surface area contributed by atoms with Crippen molar-refractivity contribution in [2.45, 2.75) is 33.4 Å². The fraction of sp³-hybridized carbons (Fsp3) is 0.333. The van der Waals surface area contributed by atoms with Gasteiger partial charge in [0.05, 0.1) is 20.0 Å². The Balaban J connectivity index is 0.00000341. The van der Waals surface area contributed by atoms with E-state index >= 15 is 0 Å². The fourth-order valence-corrected chi connectivity index (χ4v) is 3.27. The molecule has 166 valence electrons. The van der Waals surface area contributed by atoms with Gasteiger partial charge in [-0.1, -0.05) is 36.4 Å². The van der Waals surface area contributed by atoms with E-state index in [1.54, 1.807) is 13.3 Å². The lowest BCUT2D eigenvalue weighted by atomic mass is 10.1. The number of guanidine groups is 1. The molecule has 2 N–H and O–H groups in total. The van der Waals surface area contributed by atoms with Crippen LogP contribution in [0.4, 0.5) is 0 Å². The van der Waals surface area contributed by atoms with Gasteiger partial charge in [-0.3, -0.25) is 0 Å². The summed E-state index contributed by atoms with van der Waals surface area (Å²) < 4.78 is 7.48. The number of ether oxygens (including phenoxy) is 1. The SMILES string of the molecule is CCNC(=NCc1cccc(Cn2ccnc2)c1)NCCc1ccc(C)c(OC)c1.I. The third-order valence-corrected chi connectivity index (χ3v) is 4.86. The van der Waals surface area contributed by atoms with Crippen molar-refractivity contribution in [2.75, 3.05) is 20.2 Å². The maximum atomic E-state index is 5.42. The number of aliphatic imine (C=N–C) groups is 1.